The molecule has 0 saturated heterocycles. The second kappa shape index (κ2) is 3.52. The van der Waals surface area contributed by atoms with Crippen molar-refractivity contribution < 1.29 is 10.2 Å². The summed E-state index contributed by atoms with van der Waals surface area (Å²) in [6.45, 7) is 3.89. The van der Waals surface area contributed by atoms with Crippen LogP contribution in [0, 0.1) is 5.41 Å². The predicted molar refractivity (Wildman–Crippen MR) is 55.8 cm³/mol. The zero-order chi connectivity index (χ0) is 10.2. The van der Waals surface area contributed by atoms with E-state index in [1.54, 1.807) is 0 Å². The lowest BCUT2D eigenvalue weighted by atomic mass is 9.64. The molecule has 2 aliphatic carbocycles. The first-order valence-electron chi connectivity index (χ1n) is 5.39. The van der Waals surface area contributed by atoms with Crippen molar-refractivity contribution in [2.75, 3.05) is 0 Å². The first-order chi connectivity index (χ1) is 6.68. The molecule has 0 spiro atoms. The summed E-state index contributed by atoms with van der Waals surface area (Å²) in [5, 5.41) is 19.2. The third-order valence-electron chi connectivity index (χ3n) is 3.69. The summed E-state index contributed by atoms with van der Waals surface area (Å²) >= 11 is 0. The van der Waals surface area contributed by atoms with Gasteiger partial charge < -0.3 is 10.2 Å². The molecule has 0 aliphatic heterocycles. The minimum Gasteiger partial charge on any atom is -0.390 e. The van der Waals surface area contributed by atoms with Gasteiger partial charge in [0.05, 0.1) is 12.2 Å². The lowest BCUT2D eigenvalue weighted by molar-refractivity contribution is 0.01000. The summed E-state index contributed by atoms with van der Waals surface area (Å²) in [6, 6.07) is 0. The molecule has 0 aromatic carbocycles. The van der Waals surface area contributed by atoms with Crippen LogP contribution in [0.2, 0.25) is 0 Å². The second-order valence-corrected chi connectivity index (χ2v) is 4.52. The van der Waals surface area contributed by atoms with Crippen LogP contribution in [0.4, 0.5) is 0 Å². The van der Waals surface area contributed by atoms with Crippen LogP contribution in [-0.2, 0) is 0 Å². The fraction of sp³-hybridized carbons (Fsp3) is 0.667. The lowest BCUT2D eigenvalue weighted by Crippen LogP contribution is -2.39. The van der Waals surface area contributed by atoms with Crippen LogP contribution >= 0.6 is 0 Å². The van der Waals surface area contributed by atoms with Crippen LogP contribution in [-0.4, -0.2) is 22.4 Å². The first kappa shape index (κ1) is 9.94. The number of aliphatic hydroxyl groups excluding tert-OH is 2. The second-order valence-electron chi connectivity index (χ2n) is 4.52. The molecule has 2 nitrogen and oxygen atoms in total. The van der Waals surface area contributed by atoms with E-state index in [0.717, 1.165) is 12.8 Å². The number of allylic oxidation sites excluding steroid dienone is 2. The average molecular weight is 194 g/mol. The van der Waals surface area contributed by atoms with Crippen molar-refractivity contribution in [1.29, 1.82) is 0 Å². The fourth-order valence-corrected chi connectivity index (χ4v) is 2.78. The van der Waals surface area contributed by atoms with E-state index in [-0.39, 0.29) is 5.41 Å². The normalized spacial score (nSPS) is 42.6. The highest BCUT2D eigenvalue weighted by atomic mass is 16.3. The molecule has 0 aromatic rings. The molecule has 78 valence electrons. The van der Waals surface area contributed by atoms with Gasteiger partial charge in [-0.1, -0.05) is 24.1 Å². The first-order valence-corrected chi connectivity index (χ1v) is 5.39. The van der Waals surface area contributed by atoms with Gasteiger partial charge in [-0.05, 0) is 25.7 Å². The number of hydrogen-bond donors (Lipinski definition) is 2. The standard InChI is InChI=1S/C12H18O2/c1-2-12-6-4-3-5-9(12)7-10(13)11(14)8-12/h2,7,10-11,13-14H,1,3-6,8H2/t10?,11?,12-/m0/s1. The Morgan fingerprint density at radius 2 is 2.21 bits per heavy atom. The van der Waals surface area contributed by atoms with E-state index in [0.29, 0.717) is 6.42 Å². The van der Waals surface area contributed by atoms with Gasteiger partial charge in [0.1, 0.15) is 0 Å². The number of fused-ring (bicyclic) bond motifs is 1. The molecule has 2 heteroatoms. The Morgan fingerprint density at radius 1 is 1.43 bits per heavy atom. The average Bonchev–Trinajstić information content (AvgIpc) is 2.20. The Bertz CT molecular complexity index is 269. The molecule has 0 amide bonds. The largest absolute Gasteiger partial charge is 0.390 e. The van der Waals surface area contributed by atoms with E-state index in [1.807, 2.05) is 12.2 Å². The maximum atomic E-state index is 9.67. The maximum absolute atomic E-state index is 9.67. The van der Waals surface area contributed by atoms with Gasteiger partial charge in [-0.15, -0.1) is 6.58 Å². The van der Waals surface area contributed by atoms with Crippen molar-refractivity contribution in [3.63, 3.8) is 0 Å². The number of rotatable bonds is 1. The molecule has 2 unspecified atom stereocenters. The van der Waals surface area contributed by atoms with Gasteiger partial charge in [-0.25, -0.2) is 0 Å². The molecule has 0 radical (unpaired) electrons. The summed E-state index contributed by atoms with van der Waals surface area (Å²) < 4.78 is 0. The van der Waals surface area contributed by atoms with Gasteiger partial charge in [0.15, 0.2) is 0 Å². The molecule has 2 rings (SSSR count). The monoisotopic (exact) mass is 194 g/mol. The van der Waals surface area contributed by atoms with E-state index in [9.17, 15) is 10.2 Å². The van der Waals surface area contributed by atoms with Gasteiger partial charge in [0, 0.05) is 5.41 Å². The van der Waals surface area contributed by atoms with Gasteiger partial charge in [-0.3, -0.25) is 0 Å². The molecule has 1 saturated carbocycles. The molecule has 2 N–H and O–H groups in total. The highest BCUT2D eigenvalue weighted by molar-refractivity contribution is 5.28. The molecule has 0 heterocycles. The molecular formula is C12H18O2. The van der Waals surface area contributed by atoms with E-state index in [1.165, 1.54) is 18.4 Å². The summed E-state index contributed by atoms with van der Waals surface area (Å²) in [5.41, 5.74) is 1.27. The van der Waals surface area contributed by atoms with Gasteiger partial charge in [-0.2, -0.15) is 0 Å². The molecule has 14 heavy (non-hydrogen) atoms. The number of aliphatic hydroxyl groups is 2. The SMILES string of the molecule is C=C[C@@]12CCCCC1=CC(O)C(O)C2. The highest BCUT2D eigenvalue weighted by Crippen LogP contribution is 2.48. The van der Waals surface area contributed by atoms with E-state index < -0.39 is 12.2 Å². The lowest BCUT2D eigenvalue weighted by Gasteiger charge is -2.43. The van der Waals surface area contributed by atoms with Crippen molar-refractivity contribution in [1.82, 2.24) is 0 Å². The Labute approximate surface area is 85.0 Å². The van der Waals surface area contributed by atoms with Crippen LogP contribution < -0.4 is 0 Å². The van der Waals surface area contributed by atoms with Crippen molar-refractivity contribution in [3.05, 3.63) is 24.3 Å². The fourth-order valence-electron chi connectivity index (χ4n) is 2.78. The summed E-state index contributed by atoms with van der Waals surface area (Å²) in [6.07, 6.45) is 7.69. The molecular weight excluding hydrogens is 176 g/mol. The summed E-state index contributed by atoms with van der Waals surface area (Å²) in [4.78, 5) is 0. The van der Waals surface area contributed by atoms with Crippen LogP contribution in [0.1, 0.15) is 32.1 Å². The predicted octanol–water partition coefficient (Wildman–Crippen LogP) is 1.78. The van der Waals surface area contributed by atoms with E-state index in [4.69, 9.17) is 0 Å². The minimum atomic E-state index is -0.670. The summed E-state index contributed by atoms with van der Waals surface area (Å²) in [5.74, 6) is 0. The highest BCUT2D eigenvalue weighted by Gasteiger charge is 2.40. The van der Waals surface area contributed by atoms with Crippen LogP contribution in [0.25, 0.3) is 0 Å². The summed E-state index contributed by atoms with van der Waals surface area (Å²) in [7, 11) is 0. The van der Waals surface area contributed by atoms with Crippen molar-refractivity contribution in [3.8, 4) is 0 Å². The smallest absolute Gasteiger partial charge is 0.0983 e. The van der Waals surface area contributed by atoms with Crippen molar-refractivity contribution >= 4 is 0 Å². The van der Waals surface area contributed by atoms with Crippen LogP contribution in [0.5, 0.6) is 0 Å². The third-order valence-corrected chi connectivity index (χ3v) is 3.69. The number of hydrogen-bond acceptors (Lipinski definition) is 2. The van der Waals surface area contributed by atoms with Crippen LogP contribution in [0.15, 0.2) is 24.3 Å². The minimum absolute atomic E-state index is 0.0170. The molecule has 0 aromatic heterocycles. The molecule has 2 aliphatic rings. The molecule has 1 fully saturated rings. The van der Waals surface area contributed by atoms with Gasteiger partial charge in [0.2, 0.25) is 0 Å². The Balaban J connectivity index is 2.33. The van der Waals surface area contributed by atoms with Crippen molar-refractivity contribution in [2.45, 2.75) is 44.3 Å². The maximum Gasteiger partial charge on any atom is 0.0983 e. The van der Waals surface area contributed by atoms with E-state index in [2.05, 4.69) is 6.58 Å². The van der Waals surface area contributed by atoms with Crippen LogP contribution in [0.3, 0.4) is 0 Å². The Kier molecular flexibility index (Phi) is 2.50. The Hall–Kier alpha value is -0.600. The Morgan fingerprint density at radius 3 is 2.93 bits per heavy atom. The van der Waals surface area contributed by atoms with Crippen molar-refractivity contribution in [2.24, 2.45) is 5.41 Å². The van der Waals surface area contributed by atoms with Gasteiger partial charge in [0.25, 0.3) is 0 Å². The van der Waals surface area contributed by atoms with Gasteiger partial charge >= 0.3 is 0 Å². The zero-order valence-corrected chi connectivity index (χ0v) is 8.45. The quantitative estimate of drug-likeness (QED) is 0.625. The molecule has 3 atom stereocenters. The zero-order valence-electron chi connectivity index (χ0n) is 8.45. The third kappa shape index (κ3) is 1.43. The topological polar surface area (TPSA) is 40.5 Å². The molecule has 0 bridgehead atoms. The van der Waals surface area contributed by atoms with E-state index >= 15 is 0 Å².